The Morgan fingerprint density at radius 2 is 1.54 bits per heavy atom. The number of methoxy groups -OCH3 is 2. The van der Waals surface area contributed by atoms with Crippen LogP contribution in [-0.2, 0) is 9.59 Å². The van der Waals surface area contributed by atoms with Crippen LogP contribution in [0.1, 0.15) is 16.8 Å². The van der Waals surface area contributed by atoms with Crippen LogP contribution in [0.25, 0.3) is 0 Å². The number of carbonyl (C=O) groups is 3. The van der Waals surface area contributed by atoms with Gasteiger partial charge in [0, 0.05) is 5.56 Å². The van der Waals surface area contributed by atoms with Gasteiger partial charge in [-0.25, -0.2) is 5.01 Å². The number of anilines is 2. The molecule has 2 N–H and O–H groups in total. The van der Waals surface area contributed by atoms with Crippen molar-refractivity contribution in [2.75, 3.05) is 24.4 Å². The third-order valence-corrected chi connectivity index (χ3v) is 6.35. The normalized spacial score (nSPS) is 14.9. The Balaban J connectivity index is 1.60. The van der Waals surface area contributed by atoms with Crippen molar-refractivity contribution in [3.05, 3.63) is 83.4 Å². The van der Waals surface area contributed by atoms with Gasteiger partial charge in [-0.3, -0.25) is 24.7 Å². The minimum atomic E-state index is -1.10. The molecule has 3 amide bonds. The number of rotatable bonds is 8. The van der Waals surface area contributed by atoms with E-state index in [2.05, 4.69) is 10.7 Å². The predicted molar refractivity (Wildman–Crippen MR) is 144 cm³/mol. The predicted octanol–water partition coefficient (Wildman–Crippen LogP) is 4.03. The van der Waals surface area contributed by atoms with Crippen LogP contribution in [0.15, 0.2) is 72.8 Å². The van der Waals surface area contributed by atoms with Crippen LogP contribution in [0.5, 0.6) is 11.5 Å². The zero-order valence-corrected chi connectivity index (χ0v) is 21.5. The zero-order chi connectivity index (χ0) is 26.5. The summed E-state index contributed by atoms with van der Waals surface area (Å²) in [6, 6.07) is 18.8. The number of amides is 3. The van der Waals surface area contributed by atoms with Crippen LogP contribution < -0.4 is 25.1 Å². The third-order valence-electron chi connectivity index (χ3n) is 5.65. The van der Waals surface area contributed by atoms with Gasteiger partial charge in [0.1, 0.15) is 17.5 Å². The molecule has 0 bridgehead atoms. The van der Waals surface area contributed by atoms with Gasteiger partial charge in [0.2, 0.25) is 11.0 Å². The molecule has 0 aromatic heterocycles. The Morgan fingerprint density at radius 3 is 2.14 bits per heavy atom. The number of benzene rings is 3. The maximum Gasteiger partial charge on any atom is 0.269 e. The Bertz CT molecular complexity index is 1330. The van der Waals surface area contributed by atoms with E-state index in [0.717, 1.165) is 0 Å². The van der Waals surface area contributed by atoms with E-state index < -0.39 is 23.8 Å². The quantitative estimate of drug-likeness (QED) is 0.418. The van der Waals surface area contributed by atoms with E-state index >= 15 is 0 Å². The Kier molecular flexibility index (Phi) is 7.90. The zero-order valence-electron chi connectivity index (χ0n) is 19.9. The number of ether oxygens (including phenoxy) is 2. The number of hydrogen-bond donors (Lipinski definition) is 2. The van der Waals surface area contributed by atoms with Crippen molar-refractivity contribution in [1.82, 2.24) is 10.4 Å². The van der Waals surface area contributed by atoms with E-state index in [9.17, 15) is 14.4 Å². The first-order valence-corrected chi connectivity index (χ1v) is 11.9. The first-order valence-electron chi connectivity index (χ1n) is 11.1. The molecule has 1 saturated heterocycles. The number of nitrogens with one attached hydrogen (secondary N) is 2. The van der Waals surface area contributed by atoms with Crippen molar-refractivity contribution in [1.29, 1.82) is 0 Å². The summed E-state index contributed by atoms with van der Waals surface area (Å²) >= 11 is 11.7. The summed E-state index contributed by atoms with van der Waals surface area (Å²) in [6.07, 6.45) is -0.292. The second-order valence-corrected chi connectivity index (χ2v) is 8.71. The van der Waals surface area contributed by atoms with Gasteiger partial charge in [0.15, 0.2) is 0 Å². The summed E-state index contributed by atoms with van der Waals surface area (Å²) in [5, 5.41) is 4.32. The van der Waals surface area contributed by atoms with Crippen molar-refractivity contribution in [2.45, 2.75) is 12.5 Å². The first-order chi connectivity index (χ1) is 17.8. The summed E-state index contributed by atoms with van der Waals surface area (Å²) in [5.74, 6) is -0.273. The van der Waals surface area contributed by atoms with Crippen molar-refractivity contribution in [2.24, 2.45) is 0 Å². The van der Waals surface area contributed by atoms with Gasteiger partial charge in [0.05, 0.1) is 37.0 Å². The van der Waals surface area contributed by atoms with Crippen molar-refractivity contribution in [3.8, 4) is 11.5 Å². The molecular weight excluding hydrogens is 516 g/mol. The van der Waals surface area contributed by atoms with E-state index in [4.69, 9.17) is 33.3 Å². The molecule has 0 spiro atoms. The molecule has 1 aliphatic rings. The molecule has 1 aliphatic heterocycles. The van der Waals surface area contributed by atoms with E-state index in [0.29, 0.717) is 33.5 Å². The molecule has 11 heteroatoms. The molecule has 190 valence electrons. The SMILES string of the molecule is COc1ccc(C(=O)NN2C(=S)N(c3ccc(OC)cc3)C(=O)C2CC(=O)Nc2ccccc2Cl)cc1. The van der Waals surface area contributed by atoms with Gasteiger partial charge in [-0.1, -0.05) is 23.7 Å². The van der Waals surface area contributed by atoms with E-state index in [1.165, 1.54) is 24.1 Å². The van der Waals surface area contributed by atoms with Crippen molar-refractivity contribution >= 4 is 58.0 Å². The molecule has 3 aromatic rings. The standard InChI is InChI=1S/C26H23ClN4O5S/c1-35-18-11-7-16(8-12-18)24(33)29-31-22(15-23(32)28-21-6-4-3-5-20(21)27)25(34)30(26(31)37)17-9-13-19(36-2)14-10-17/h3-14,22H,15H2,1-2H3,(H,28,32)(H,29,33). The fraction of sp³-hybridized carbons (Fsp3) is 0.154. The third kappa shape index (κ3) is 5.65. The lowest BCUT2D eigenvalue weighted by Crippen LogP contribution is -2.49. The average Bonchev–Trinajstić information content (AvgIpc) is 3.13. The Morgan fingerprint density at radius 1 is 0.946 bits per heavy atom. The van der Waals surface area contributed by atoms with Crippen LogP contribution in [0.3, 0.4) is 0 Å². The minimum absolute atomic E-state index is 0.0209. The number of halogens is 1. The fourth-order valence-corrected chi connectivity index (χ4v) is 4.28. The highest BCUT2D eigenvalue weighted by Crippen LogP contribution is 2.29. The van der Waals surface area contributed by atoms with Gasteiger partial charge in [-0.05, 0) is 72.9 Å². The van der Waals surface area contributed by atoms with Crippen molar-refractivity contribution in [3.63, 3.8) is 0 Å². The molecule has 1 unspecified atom stereocenters. The molecule has 1 fully saturated rings. The van der Waals surface area contributed by atoms with E-state index in [1.807, 2.05) is 0 Å². The minimum Gasteiger partial charge on any atom is -0.497 e. The Labute approximate surface area is 223 Å². The number of thiocarbonyl (C=S) groups is 1. The molecule has 0 aliphatic carbocycles. The molecular formula is C26H23ClN4O5S. The number of nitrogens with zero attached hydrogens (tertiary/aromatic N) is 2. The monoisotopic (exact) mass is 538 g/mol. The number of para-hydroxylation sites is 1. The molecule has 1 heterocycles. The van der Waals surface area contributed by atoms with Gasteiger partial charge in [0.25, 0.3) is 11.8 Å². The average molecular weight is 539 g/mol. The van der Waals surface area contributed by atoms with Gasteiger partial charge >= 0.3 is 0 Å². The molecule has 1 atom stereocenters. The van der Waals surface area contributed by atoms with E-state index in [-0.39, 0.29) is 11.5 Å². The van der Waals surface area contributed by atoms with Crippen LogP contribution in [0.2, 0.25) is 5.02 Å². The van der Waals surface area contributed by atoms with Crippen LogP contribution >= 0.6 is 23.8 Å². The number of hydrogen-bond acceptors (Lipinski definition) is 6. The highest BCUT2D eigenvalue weighted by Gasteiger charge is 2.45. The number of hydrazine groups is 1. The summed E-state index contributed by atoms with van der Waals surface area (Å²) in [4.78, 5) is 40.8. The molecule has 9 nitrogen and oxygen atoms in total. The summed E-state index contributed by atoms with van der Waals surface area (Å²) in [7, 11) is 3.06. The van der Waals surface area contributed by atoms with Crippen LogP contribution in [-0.4, -0.2) is 48.1 Å². The van der Waals surface area contributed by atoms with Gasteiger partial charge in [-0.2, -0.15) is 0 Å². The molecule has 3 aromatic carbocycles. The van der Waals surface area contributed by atoms with Crippen LogP contribution in [0.4, 0.5) is 11.4 Å². The summed E-state index contributed by atoms with van der Waals surface area (Å²) in [6.45, 7) is 0. The van der Waals surface area contributed by atoms with Gasteiger partial charge < -0.3 is 14.8 Å². The maximum absolute atomic E-state index is 13.5. The lowest BCUT2D eigenvalue weighted by atomic mass is 10.1. The molecule has 4 rings (SSSR count). The topological polar surface area (TPSA) is 100 Å². The molecule has 0 saturated carbocycles. The maximum atomic E-state index is 13.5. The highest BCUT2D eigenvalue weighted by atomic mass is 35.5. The smallest absolute Gasteiger partial charge is 0.269 e. The highest BCUT2D eigenvalue weighted by molar-refractivity contribution is 7.80. The second kappa shape index (κ2) is 11.3. The van der Waals surface area contributed by atoms with Crippen LogP contribution in [0, 0.1) is 0 Å². The fourth-order valence-electron chi connectivity index (χ4n) is 3.72. The Hall–Kier alpha value is -4.15. The first kappa shape index (κ1) is 25.9. The largest absolute Gasteiger partial charge is 0.497 e. The molecule has 0 radical (unpaired) electrons. The summed E-state index contributed by atoms with van der Waals surface area (Å²) in [5.41, 5.74) is 3.87. The van der Waals surface area contributed by atoms with E-state index in [1.54, 1.807) is 72.8 Å². The summed E-state index contributed by atoms with van der Waals surface area (Å²) < 4.78 is 10.3. The molecule has 37 heavy (non-hydrogen) atoms. The lowest BCUT2D eigenvalue weighted by molar-refractivity contribution is -0.124. The lowest BCUT2D eigenvalue weighted by Gasteiger charge is -2.24. The second-order valence-electron chi connectivity index (χ2n) is 7.94. The number of carbonyl (C=O) groups excluding carboxylic acids is 3. The van der Waals surface area contributed by atoms with Gasteiger partial charge in [-0.15, -0.1) is 0 Å². The van der Waals surface area contributed by atoms with Crippen molar-refractivity contribution < 1.29 is 23.9 Å².